The molecular formula is C14H12O5S. The van der Waals surface area contributed by atoms with Gasteiger partial charge in [-0.3, -0.25) is 4.79 Å². The summed E-state index contributed by atoms with van der Waals surface area (Å²) in [5.74, 6) is -0.416. The van der Waals surface area contributed by atoms with Gasteiger partial charge in [-0.2, -0.15) is 0 Å². The van der Waals surface area contributed by atoms with Crippen LogP contribution in [-0.4, -0.2) is 19.8 Å². The Morgan fingerprint density at radius 2 is 1.75 bits per heavy atom. The third-order valence-corrected chi connectivity index (χ3v) is 3.75. The van der Waals surface area contributed by atoms with E-state index in [9.17, 15) is 18.3 Å². The van der Waals surface area contributed by atoms with Crippen molar-refractivity contribution in [1.82, 2.24) is 0 Å². The third-order valence-electron chi connectivity index (χ3n) is 2.62. The summed E-state index contributed by atoms with van der Waals surface area (Å²) in [5, 5.41) is 9.49. The molecule has 0 fully saturated rings. The number of aromatic hydroxyl groups is 1. The van der Waals surface area contributed by atoms with Gasteiger partial charge >= 0.3 is 0 Å². The summed E-state index contributed by atoms with van der Waals surface area (Å²) < 4.78 is 27.6. The lowest BCUT2D eigenvalue weighted by Gasteiger charge is -1.99. The van der Waals surface area contributed by atoms with Crippen LogP contribution in [0.15, 0.2) is 50.7 Å². The van der Waals surface area contributed by atoms with Crippen LogP contribution in [0.25, 0.3) is 12.2 Å². The van der Waals surface area contributed by atoms with E-state index >= 15 is 0 Å². The molecule has 0 saturated carbocycles. The fraction of sp³-hybridized carbons (Fsp3) is 0.0714. The molecule has 0 saturated heterocycles. The van der Waals surface area contributed by atoms with Crippen molar-refractivity contribution in [3.05, 3.63) is 58.1 Å². The molecule has 0 bridgehead atoms. The second-order valence-corrected chi connectivity index (χ2v) is 6.19. The fourth-order valence-corrected chi connectivity index (χ4v) is 2.17. The Morgan fingerprint density at radius 1 is 1.10 bits per heavy atom. The molecule has 0 unspecified atom stereocenters. The summed E-state index contributed by atoms with van der Waals surface area (Å²) in [6, 6.07) is 7.32. The lowest BCUT2D eigenvalue weighted by Crippen LogP contribution is -1.97. The molecule has 2 rings (SSSR count). The highest BCUT2D eigenvalue weighted by molar-refractivity contribution is 7.90. The molecule has 0 aliphatic carbocycles. The standard InChI is InChI=1S/C14H12O5S/c1-20(17,18)11-5-2-10(3-6-11)4-7-13-14(16)12(15)8-9-19-13/h2-9,16H,1H3. The zero-order valence-electron chi connectivity index (χ0n) is 10.6. The van der Waals surface area contributed by atoms with Crippen LogP contribution in [0.5, 0.6) is 5.75 Å². The lowest BCUT2D eigenvalue weighted by atomic mass is 10.2. The third kappa shape index (κ3) is 3.16. The van der Waals surface area contributed by atoms with Crippen molar-refractivity contribution >= 4 is 22.0 Å². The van der Waals surface area contributed by atoms with Gasteiger partial charge in [-0.1, -0.05) is 18.2 Å². The lowest BCUT2D eigenvalue weighted by molar-refractivity contribution is 0.424. The Balaban J connectivity index is 2.28. The molecule has 0 aliphatic heterocycles. The first kappa shape index (κ1) is 14.1. The zero-order valence-corrected chi connectivity index (χ0v) is 11.4. The quantitative estimate of drug-likeness (QED) is 0.934. The van der Waals surface area contributed by atoms with Crippen molar-refractivity contribution < 1.29 is 17.9 Å². The summed E-state index contributed by atoms with van der Waals surface area (Å²) in [6.07, 6.45) is 5.36. The van der Waals surface area contributed by atoms with Gasteiger partial charge in [0.15, 0.2) is 15.6 Å². The molecule has 5 nitrogen and oxygen atoms in total. The molecule has 0 spiro atoms. The SMILES string of the molecule is CS(=O)(=O)c1ccc(C=Cc2occc(=O)c2O)cc1. The number of sulfone groups is 1. The predicted octanol–water partition coefficient (Wildman–Crippen LogP) is 1.92. The van der Waals surface area contributed by atoms with Crippen LogP contribution in [-0.2, 0) is 9.84 Å². The molecule has 104 valence electrons. The van der Waals surface area contributed by atoms with E-state index in [2.05, 4.69) is 0 Å². The molecule has 20 heavy (non-hydrogen) atoms. The molecule has 0 aliphatic rings. The van der Waals surface area contributed by atoms with E-state index < -0.39 is 21.0 Å². The Bertz CT molecular complexity index is 798. The maximum atomic E-state index is 11.3. The summed E-state index contributed by atoms with van der Waals surface area (Å²) >= 11 is 0. The average molecular weight is 292 g/mol. The van der Waals surface area contributed by atoms with E-state index in [-0.39, 0.29) is 10.7 Å². The van der Waals surface area contributed by atoms with Gasteiger partial charge in [0.1, 0.15) is 0 Å². The molecule has 1 aromatic carbocycles. The normalized spacial score (nSPS) is 11.8. The van der Waals surface area contributed by atoms with E-state index in [4.69, 9.17) is 4.42 Å². The second-order valence-electron chi connectivity index (χ2n) is 4.17. The maximum absolute atomic E-state index is 11.3. The summed E-state index contributed by atoms with van der Waals surface area (Å²) in [6.45, 7) is 0. The number of rotatable bonds is 3. The van der Waals surface area contributed by atoms with Gasteiger partial charge in [0.2, 0.25) is 11.2 Å². The van der Waals surface area contributed by atoms with Gasteiger partial charge in [-0.05, 0) is 23.8 Å². The van der Waals surface area contributed by atoms with Gasteiger partial charge in [0.25, 0.3) is 0 Å². The van der Waals surface area contributed by atoms with Crippen LogP contribution >= 0.6 is 0 Å². The van der Waals surface area contributed by atoms with Crippen molar-refractivity contribution in [3.63, 3.8) is 0 Å². The second kappa shape index (κ2) is 5.34. The molecular weight excluding hydrogens is 280 g/mol. The van der Waals surface area contributed by atoms with Crippen molar-refractivity contribution in [2.45, 2.75) is 4.90 Å². The van der Waals surface area contributed by atoms with Crippen LogP contribution in [0.2, 0.25) is 0 Å². The highest BCUT2D eigenvalue weighted by atomic mass is 32.2. The Kier molecular flexibility index (Phi) is 3.76. The minimum Gasteiger partial charge on any atom is -0.502 e. The average Bonchev–Trinajstić information content (AvgIpc) is 2.40. The highest BCUT2D eigenvalue weighted by Crippen LogP contribution is 2.16. The summed E-state index contributed by atoms with van der Waals surface area (Å²) in [5.41, 5.74) is 0.187. The van der Waals surface area contributed by atoms with Gasteiger partial charge in [-0.15, -0.1) is 0 Å². The van der Waals surface area contributed by atoms with E-state index in [1.54, 1.807) is 18.2 Å². The largest absolute Gasteiger partial charge is 0.502 e. The van der Waals surface area contributed by atoms with Gasteiger partial charge in [0, 0.05) is 12.3 Å². The maximum Gasteiger partial charge on any atom is 0.227 e. The van der Waals surface area contributed by atoms with Crippen LogP contribution < -0.4 is 5.43 Å². The highest BCUT2D eigenvalue weighted by Gasteiger charge is 2.06. The Labute approximate surface area is 115 Å². The summed E-state index contributed by atoms with van der Waals surface area (Å²) in [4.78, 5) is 11.4. The fourth-order valence-electron chi connectivity index (χ4n) is 1.54. The molecule has 1 N–H and O–H groups in total. The molecule has 0 radical (unpaired) electrons. The van der Waals surface area contributed by atoms with Crippen LogP contribution in [0.4, 0.5) is 0 Å². The van der Waals surface area contributed by atoms with E-state index in [1.807, 2.05) is 0 Å². The van der Waals surface area contributed by atoms with Gasteiger partial charge < -0.3 is 9.52 Å². The first-order valence-corrected chi connectivity index (χ1v) is 7.56. The molecule has 1 heterocycles. The number of hydrogen-bond acceptors (Lipinski definition) is 5. The van der Waals surface area contributed by atoms with Crippen molar-refractivity contribution in [2.75, 3.05) is 6.26 Å². The van der Waals surface area contributed by atoms with Crippen molar-refractivity contribution in [3.8, 4) is 5.75 Å². The number of benzene rings is 1. The van der Waals surface area contributed by atoms with E-state index in [0.717, 1.165) is 12.3 Å². The molecule has 1 aromatic heterocycles. The molecule has 0 amide bonds. The minimum atomic E-state index is -3.22. The molecule has 2 aromatic rings. The van der Waals surface area contributed by atoms with Gasteiger partial charge in [-0.25, -0.2) is 8.42 Å². The van der Waals surface area contributed by atoms with Crippen LogP contribution in [0.3, 0.4) is 0 Å². The predicted molar refractivity (Wildman–Crippen MR) is 75.1 cm³/mol. The van der Waals surface area contributed by atoms with Crippen LogP contribution in [0, 0.1) is 0 Å². The smallest absolute Gasteiger partial charge is 0.227 e. The molecule has 0 atom stereocenters. The van der Waals surface area contributed by atoms with Crippen molar-refractivity contribution in [2.24, 2.45) is 0 Å². The van der Waals surface area contributed by atoms with E-state index in [0.29, 0.717) is 5.56 Å². The molecule has 6 heteroatoms. The Morgan fingerprint density at radius 3 is 2.35 bits per heavy atom. The topological polar surface area (TPSA) is 84.6 Å². The van der Waals surface area contributed by atoms with Crippen molar-refractivity contribution in [1.29, 1.82) is 0 Å². The monoisotopic (exact) mass is 292 g/mol. The minimum absolute atomic E-state index is 0.0460. The van der Waals surface area contributed by atoms with Crippen LogP contribution in [0.1, 0.15) is 11.3 Å². The van der Waals surface area contributed by atoms with Gasteiger partial charge in [0.05, 0.1) is 11.2 Å². The zero-order chi connectivity index (χ0) is 14.8. The first-order chi connectivity index (χ1) is 9.38. The Hall–Kier alpha value is -2.34. The number of hydrogen-bond donors (Lipinski definition) is 1. The first-order valence-electron chi connectivity index (χ1n) is 5.67. The van der Waals surface area contributed by atoms with E-state index in [1.165, 1.54) is 24.5 Å². The summed E-state index contributed by atoms with van der Waals surface area (Å²) in [7, 11) is -3.22.